The van der Waals surface area contributed by atoms with Gasteiger partial charge in [-0.15, -0.1) is 0 Å². The number of hydrogen-bond donors (Lipinski definition) is 1. The van der Waals surface area contributed by atoms with Gasteiger partial charge in [0.25, 0.3) is 0 Å². The third-order valence-electron chi connectivity index (χ3n) is 2.57. The van der Waals surface area contributed by atoms with Crippen LogP contribution < -0.4 is 0 Å². The molecule has 0 unspecified atom stereocenters. The molecule has 1 N–H and O–H groups in total. The van der Waals surface area contributed by atoms with Crippen LogP contribution in [-0.2, 0) is 21.4 Å². The number of rotatable bonds is 4. The minimum absolute atomic E-state index is 0.0269. The lowest BCUT2D eigenvalue weighted by atomic mass is 10.3. The van der Waals surface area contributed by atoms with E-state index in [1.54, 1.807) is 6.08 Å². The fourth-order valence-electron chi connectivity index (χ4n) is 1.69. The maximum Gasteiger partial charge on any atom is 0.325 e. The molecule has 8 heteroatoms. The van der Waals surface area contributed by atoms with Crippen molar-refractivity contribution < 1.29 is 18.3 Å². The van der Waals surface area contributed by atoms with Gasteiger partial charge in [-0.25, -0.2) is 8.42 Å². The van der Waals surface area contributed by atoms with Crippen molar-refractivity contribution in [2.45, 2.75) is 17.9 Å². The molecule has 98 valence electrons. The molecule has 1 aromatic rings. The molecule has 7 nitrogen and oxygen atoms in total. The fourth-order valence-corrected chi connectivity index (χ4v) is 3.05. The second-order valence-corrected chi connectivity index (χ2v) is 5.83. The average molecular weight is 271 g/mol. The largest absolute Gasteiger partial charge is 0.480 e. The number of carbonyl (C=O) groups is 1. The van der Waals surface area contributed by atoms with Crippen molar-refractivity contribution in [3.8, 4) is 0 Å². The molecular weight excluding hydrogens is 258 g/mol. The van der Waals surface area contributed by atoms with E-state index >= 15 is 0 Å². The van der Waals surface area contributed by atoms with Crippen molar-refractivity contribution in [2.24, 2.45) is 0 Å². The molecular formula is C10H13N3O4S. The Labute approximate surface area is 104 Å². The Morgan fingerprint density at radius 1 is 1.44 bits per heavy atom. The van der Waals surface area contributed by atoms with Gasteiger partial charge in [0.1, 0.15) is 11.4 Å². The van der Waals surface area contributed by atoms with E-state index in [4.69, 9.17) is 5.11 Å². The average Bonchev–Trinajstić information content (AvgIpc) is 2.78. The van der Waals surface area contributed by atoms with Gasteiger partial charge in [-0.1, -0.05) is 12.2 Å². The molecule has 0 bridgehead atoms. The predicted molar refractivity (Wildman–Crippen MR) is 62.4 cm³/mol. The summed E-state index contributed by atoms with van der Waals surface area (Å²) in [5.74, 6) is -1.07. The lowest BCUT2D eigenvalue weighted by molar-refractivity contribution is -0.137. The van der Waals surface area contributed by atoms with Gasteiger partial charge < -0.3 is 5.11 Å². The molecule has 1 aromatic heterocycles. The molecule has 1 aliphatic rings. The third kappa shape index (κ3) is 2.59. The second-order valence-electron chi connectivity index (χ2n) is 3.89. The summed E-state index contributed by atoms with van der Waals surface area (Å²) in [6.45, 7) is 0.421. The van der Waals surface area contributed by atoms with E-state index in [-0.39, 0.29) is 11.4 Å². The van der Waals surface area contributed by atoms with Crippen LogP contribution in [0.15, 0.2) is 29.4 Å². The molecule has 0 atom stereocenters. The van der Waals surface area contributed by atoms with Gasteiger partial charge in [0.15, 0.2) is 0 Å². The lowest BCUT2D eigenvalue weighted by Crippen LogP contribution is -2.33. The Kier molecular flexibility index (Phi) is 3.48. The molecule has 18 heavy (non-hydrogen) atoms. The highest BCUT2D eigenvalue weighted by Crippen LogP contribution is 2.17. The highest BCUT2D eigenvalue weighted by Gasteiger charge is 2.25. The number of hydrogen-bond acceptors (Lipinski definition) is 4. The van der Waals surface area contributed by atoms with E-state index in [0.29, 0.717) is 19.5 Å². The highest BCUT2D eigenvalue weighted by atomic mass is 32.2. The van der Waals surface area contributed by atoms with Gasteiger partial charge in [0, 0.05) is 19.3 Å². The van der Waals surface area contributed by atoms with Crippen LogP contribution >= 0.6 is 0 Å². The van der Waals surface area contributed by atoms with Crippen LogP contribution in [0.2, 0.25) is 0 Å². The highest BCUT2D eigenvalue weighted by molar-refractivity contribution is 7.89. The number of carboxylic acid groups (broad SMARTS) is 1. The minimum atomic E-state index is -3.57. The predicted octanol–water partition coefficient (Wildman–Crippen LogP) is -0.0817. The molecule has 0 aromatic carbocycles. The van der Waals surface area contributed by atoms with Crippen molar-refractivity contribution in [3.05, 3.63) is 24.5 Å². The van der Waals surface area contributed by atoms with Crippen molar-refractivity contribution in [2.75, 3.05) is 13.1 Å². The van der Waals surface area contributed by atoms with Crippen LogP contribution in [0.4, 0.5) is 0 Å². The first-order valence-electron chi connectivity index (χ1n) is 5.39. The van der Waals surface area contributed by atoms with Gasteiger partial charge in [-0.3, -0.25) is 9.48 Å². The zero-order chi connectivity index (χ0) is 13.2. The summed E-state index contributed by atoms with van der Waals surface area (Å²) < 4.78 is 26.8. The molecule has 1 aliphatic heterocycles. The van der Waals surface area contributed by atoms with Crippen LogP contribution in [0.25, 0.3) is 0 Å². The van der Waals surface area contributed by atoms with E-state index in [9.17, 15) is 13.2 Å². The molecule has 2 rings (SSSR count). The van der Waals surface area contributed by atoms with Gasteiger partial charge >= 0.3 is 5.97 Å². The van der Waals surface area contributed by atoms with E-state index in [1.165, 1.54) is 16.7 Å². The zero-order valence-corrected chi connectivity index (χ0v) is 10.4. The van der Waals surface area contributed by atoms with E-state index in [0.717, 1.165) is 4.68 Å². The van der Waals surface area contributed by atoms with Crippen molar-refractivity contribution in [3.63, 3.8) is 0 Å². The maximum atomic E-state index is 12.2. The van der Waals surface area contributed by atoms with Crippen molar-refractivity contribution in [1.29, 1.82) is 0 Å². The van der Waals surface area contributed by atoms with Crippen LogP contribution in [0.5, 0.6) is 0 Å². The molecule has 2 heterocycles. The van der Waals surface area contributed by atoms with Crippen molar-refractivity contribution in [1.82, 2.24) is 14.1 Å². The van der Waals surface area contributed by atoms with E-state index in [2.05, 4.69) is 5.10 Å². The number of aliphatic carboxylic acids is 1. The smallest absolute Gasteiger partial charge is 0.325 e. The lowest BCUT2D eigenvalue weighted by Gasteiger charge is -2.21. The van der Waals surface area contributed by atoms with Gasteiger partial charge in [0.05, 0.1) is 6.20 Å². The van der Waals surface area contributed by atoms with E-state index < -0.39 is 16.0 Å². The maximum absolute atomic E-state index is 12.2. The van der Waals surface area contributed by atoms with Crippen LogP contribution in [0.3, 0.4) is 0 Å². The first-order chi connectivity index (χ1) is 8.50. The number of carboxylic acids is 1. The summed E-state index contributed by atoms with van der Waals surface area (Å²) in [6, 6.07) is 0. The van der Waals surface area contributed by atoms with Crippen LogP contribution in [0.1, 0.15) is 6.42 Å². The Bertz CT molecular complexity index is 576. The first kappa shape index (κ1) is 12.8. The normalized spacial score (nSPS) is 16.9. The quantitative estimate of drug-likeness (QED) is 0.773. The number of sulfonamides is 1. The standard InChI is InChI=1S/C10H13N3O4S/c14-10(15)8-12-7-9(6-11-12)18(16,17)13-4-2-1-3-5-13/h1-2,6-7H,3-5,8H2,(H,14,15). The summed E-state index contributed by atoms with van der Waals surface area (Å²) in [5, 5.41) is 12.3. The fraction of sp³-hybridized carbons (Fsp3) is 0.400. The molecule has 0 amide bonds. The molecule has 0 radical (unpaired) electrons. The monoisotopic (exact) mass is 271 g/mol. The molecule has 0 saturated carbocycles. The van der Waals surface area contributed by atoms with Gasteiger partial charge in [-0.2, -0.15) is 9.40 Å². The molecule has 0 fully saturated rings. The molecule has 0 spiro atoms. The Morgan fingerprint density at radius 2 is 2.22 bits per heavy atom. The summed E-state index contributed by atoms with van der Waals surface area (Å²) in [7, 11) is -3.57. The minimum Gasteiger partial charge on any atom is -0.480 e. The van der Waals surface area contributed by atoms with Gasteiger partial charge in [-0.05, 0) is 6.42 Å². The van der Waals surface area contributed by atoms with Gasteiger partial charge in [0.2, 0.25) is 10.0 Å². The number of nitrogens with zero attached hydrogens (tertiary/aromatic N) is 3. The summed E-state index contributed by atoms with van der Waals surface area (Å²) in [4.78, 5) is 10.5. The second kappa shape index (κ2) is 4.91. The Morgan fingerprint density at radius 3 is 2.83 bits per heavy atom. The Balaban J connectivity index is 2.21. The SMILES string of the molecule is O=C(O)Cn1cc(S(=O)(=O)N2CC=CCC2)cn1. The number of aromatic nitrogens is 2. The Hall–Kier alpha value is -1.67. The van der Waals surface area contributed by atoms with Crippen molar-refractivity contribution >= 4 is 16.0 Å². The zero-order valence-electron chi connectivity index (χ0n) is 9.56. The summed E-state index contributed by atoms with van der Waals surface area (Å²) >= 11 is 0. The van der Waals surface area contributed by atoms with Crippen LogP contribution in [-0.4, -0.2) is 46.7 Å². The topological polar surface area (TPSA) is 92.5 Å². The van der Waals surface area contributed by atoms with Crippen LogP contribution in [0, 0.1) is 0 Å². The first-order valence-corrected chi connectivity index (χ1v) is 6.83. The summed E-state index contributed by atoms with van der Waals surface area (Å²) in [5.41, 5.74) is 0. The summed E-state index contributed by atoms with van der Waals surface area (Å²) in [6.07, 6.45) is 6.82. The molecule has 0 saturated heterocycles. The van der Waals surface area contributed by atoms with E-state index in [1.807, 2.05) is 6.08 Å². The molecule has 0 aliphatic carbocycles. The third-order valence-corrected chi connectivity index (χ3v) is 4.38.